The molecule has 0 unspecified atom stereocenters. The molecule has 0 radical (unpaired) electrons. The van der Waals surface area contributed by atoms with Crippen molar-refractivity contribution in [1.82, 2.24) is 0 Å². The number of hydrogen-bond donors (Lipinski definition) is 1. The summed E-state index contributed by atoms with van der Waals surface area (Å²) in [6.45, 7) is 7.32. The number of allylic oxidation sites excluding steroid dienone is 2. The molecule has 0 spiro atoms. The summed E-state index contributed by atoms with van der Waals surface area (Å²) in [5, 5.41) is 7.50. The first-order chi connectivity index (χ1) is 5.16. The van der Waals surface area contributed by atoms with E-state index in [-0.39, 0.29) is 0 Å². The fourth-order valence-electron chi connectivity index (χ4n) is 0.246. The van der Waals surface area contributed by atoms with Crippen molar-refractivity contribution in [2.45, 2.75) is 13.8 Å². The van der Waals surface area contributed by atoms with Crippen LogP contribution in [0.5, 0.6) is 0 Å². The molecule has 0 bridgehead atoms. The molecule has 3 heteroatoms. The van der Waals surface area contributed by atoms with Crippen LogP contribution in [-0.4, -0.2) is 18.4 Å². The first-order valence-electron chi connectivity index (χ1n) is 3.13. The second-order valence-corrected chi connectivity index (χ2v) is 2.10. The van der Waals surface area contributed by atoms with Crippen molar-refractivity contribution in [3.63, 3.8) is 0 Å². The Bertz CT molecular complexity index is 161. The largest absolute Gasteiger partial charge is 0.400 e. The minimum atomic E-state index is 0.498. The highest BCUT2D eigenvalue weighted by Gasteiger charge is 1.79. The van der Waals surface area contributed by atoms with Crippen LogP contribution in [0.1, 0.15) is 13.8 Å². The molecular weight excluding hydrogens is 162 g/mol. The molecule has 0 aliphatic carbocycles. The van der Waals surface area contributed by atoms with Crippen LogP contribution in [0.3, 0.4) is 0 Å². The molecule has 0 rings (SSSR count). The average molecular weight is 176 g/mol. The number of halogens is 1. The van der Waals surface area contributed by atoms with Gasteiger partial charge >= 0.3 is 0 Å². The molecule has 0 fully saturated rings. The lowest BCUT2D eigenvalue weighted by molar-refractivity contribution is 0.399. The Kier molecular flexibility index (Phi) is 11.1. The third-order valence-corrected chi connectivity index (χ3v) is 0.962. The van der Waals surface area contributed by atoms with Crippen molar-refractivity contribution < 1.29 is 5.11 Å². The normalized spacial score (nSPS) is 10.8. The average Bonchev–Trinajstić information content (AvgIpc) is 2.04. The third-order valence-electron chi connectivity index (χ3n) is 0.646. The predicted molar refractivity (Wildman–Crippen MR) is 51.1 cm³/mol. The zero-order valence-corrected chi connectivity index (χ0v) is 7.89. The molecule has 0 aliphatic rings. The van der Waals surface area contributed by atoms with Crippen molar-refractivity contribution in [3.8, 4) is 0 Å². The van der Waals surface area contributed by atoms with Gasteiger partial charge in [-0.2, -0.15) is 0 Å². The van der Waals surface area contributed by atoms with Gasteiger partial charge in [0, 0.05) is 13.3 Å². The first kappa shape index (κ1) is 13.0. The fraction of sp³-hybridized carbons (Fsp3) is 0.375. The number of aliphatic hydroxyl groups is 1. The quantitative estimate of drug-likeness (QED) is 0.507. The molecule has 2 nitrogen and oxygen atoms in total. The number of hydrogen-bond acceptors (Lipinski definition) is 2. The van der Waals surface area contributed by atoms with E-state index < -0.39 is 0 Å². The van der Waals surface area contributed by atoms with Crippen molar-refractivity contribution in [2.24, 2.45) is 4.99 Å². The van der Waals surface area contributed by atoms with Gasteiger partial charge in [0.15, 0.2) is 0 Å². The molecule has 0 amide bonds. The van der Waals surface area contributed by atoms with Crippen molar-refractivity contribution >= 4 is 17.8 Å². The summed E-state index contributed by atoms with van der Waals surface area (Å²) in [6.07, 6.45) is 3.35. The van der Waals surface area contributed by atoms with Gasteiger partial charge in [-0.3, -0.25) is 0 Å². The van der Waals surface area contributed by atoms with Gasteiger partial charge in [0.05, 0.1) is 0 Å². The molecule has 0 heterocycles. The standard InChI is InChI=1S/C7H10ClN.CH4O/c1-4-7(8)9-5-6(2)3;1-2/h4-5H,2H2,1,3H3;2H,1H3/b7-4-,9-5-;. The van der Waals surface area contributed by atoms with Crippen molar-refractivity contribution in [1.29, 1.82) is 0 Å². The van der Waals surface area contributed by atoms with Gasteiger partial charge in [0.2, 0.25) is 0 Å². The van der Waals surface area contributed by atoms with E-state index >= 15 is 0 Å². The van der Waals surface area contributed by atoms with E-state index in [9.17, 15) is 0 Å². The summed E-state index contributed by atoms with van der Waals surface area (Å²) in [7, 11) is 1.00. The summed E-state index contributed by atoms with van der Waals surface area (Å²) in [4.78, 5) is 3.84. The molecule has 0 saturated heterocycles. The van der Waals surface area contributed by atoms with E-state index in [0.717, 1.165) is 12.7 Å². The number of nitrogens with zero attached hydrogens (tertiary/aromatic N) is 1. The second-order valence-electron chi connectivity index (χ2n) is 1.72. The maximum Gasteiger partial charge on any atom is 0.124 e. The Morgan fingerprint density at radius 1 is 1.55 bits per heavy atom. The van der Waals surface area contributed by atoms with E-state index in [1.54, 1.807) is 12.3 Å². The maximum absolute atomic E-state index is 7.00. The van der Waals surface area contributed by atoms with Gasteiger partial charge in [0.25, 0.3) is 0 Å². The number of aliphatic imine (C=N–C) groups is 1. The van der Waals surface area contributed by atoms with Crippen LogP contribution < -0.4 is 0 Å². The zero-order chi connectivity index (χ0) is 9.28. The Morgan fingerprint density at radius 2 is 2.00 bits per heavy atom. The maximum atomic E-state index is 7.00. The molecule has 0 aromatic carbocycles. The Morgan fingerprint density at radius 3 is 2.27 bits per heavy atom. The van der Waals surface area contributed by atoms with E-state index in [1.165, 1.54) is 0 Å². The summed E-state index contributed by atoms with van der Waals surface area (Å²) in [5.41, 5.74) is 0.898. The molecule has 0 saturated carbocycles. The van der Waals surface area contributed by atoms with Gasteiger partial charge in [-0.15, -0.1) is 0 Å². The van der Waals surface area contributed by atoms with Crippen LogP contribution in [-0.2, 0) is 0 Å². The van der Waals surface area contributed by atoms with Crippen LogP contribution in [0.4, 0.5) is 0 Å². The van der Waals surface area contributed by atoms with Gasteiger partial charge in [-0.1, -0.05) is 24.3 Å². The lowest BCUT2D eigenvalue weighted by Gasteiger charge is -1.84. The molecule has 11 heavy (non-hydrogen) atoms. The Hall–Kier alpha value is -0.600. The Labute approximate surface area is 72.9 Å². The Balaban J connectivity index is 0. The van der Waals surface area contributed by atoms with Crippen molar-refractivity contribution in [3.05, 3.63) is 23.4 Å². The topological polar surface area (TPSA) is 32.6 Å². The van der Waals surface area contributed by atoms with E-state index in [0.29, 0.717) is 5.16 Å². The van der Waals surface area contributed by atoms with Gasteiger partial charge in [-0.05, 0) is 19.4 Å². The smallest absolute Gasteiger partial charge is 0.124 e. The first-order valence-corrected chi connectivity index (χ1v) is 3.50. The second kappa shape index (κ2) is 9.40. The monoisotopic (exact) mass is 175 g/mol. The summed E-state index contributed by atoms with van der Waals surface area (Å²) >= 11 is 5.53. The van der Waals surface area contributed by atoms with Crippen LogP contribution in [0, 0.1) is 0 Å². The molecular formula is C8H14ClNO. The summed E-state index contributed by atoms with van der Waals surface area (Å²) < 4.78 is 0. The molecule has 0 aromatic rings. The SMILES string of the molecule is C=C(C)/C=N\C(Cl)=C/C.CO. The van der Waals surface area contributed by atoms with Crippen LogP contribution >= 0.6 is 11.6 Å². The minimum absolute atomic E-state index is 0.498. The van der Waals surface area contributed by atoms with Crippen LogP contribution in [0.25, 0.3) is 0 Å². The molecule has 1 N–H and O–H groups in total. The highest BCUT2D eigenvalue weighted by Crippen LogP contribution is 2.00. The highest BCUT2D eigenvalue weighted by molar-refractivity contribution is 6.29. The molecule has 64 valence electrons. The number of rotatable bonds is 2. The molecule has 0 atom stereocenters. The van der Waals surface area contributed by atoms with Crippen molar-refractivity contribution in [2.75, 3.05) is 7.11 Å². The summed E-state index contributed by atoms with van der Waals surface area (Å²) in [6, 6.07) is 0. The lowest BCUT2D eigenvalue weighted by atomic mass is 10.4. The van der Waals surface area contributed by atoms with Gasteiger partial charge < -0.3 is 5.11 Å². The fourth-order valence-corrected chi connectivity index (χ4v) is 0.295. The molecule has 0 aliphatic heterocycles. The molecule has 0 aromatic heterocycles. The third kappa shape index (κ3) is 12.6. The zero-order valence-electron chi connectivity index (χ0n) is 7.13. The van der Waals surface area contributed by atoms with Crippen LogP contribution in [0.15, 0.2) is 28.4 Å². The van der Waals surface area contributed by atoms with E-state index in [4.69, 9.17) is 16.7 Å². The predicted octanol–water partition coefficient (Wildman–Crippen LogP) is 2.34. The van der Waals surface area contributed by atoms with Gasteiger partial charge in [-0.25, -0.2) is 4.99 Å². The van der Waals surface area contributed by atoms with E-state index in [1.807, 2.05) is 13.8 Å². The number of aliphatic hydroxyl groups excluding tert-OH is 1. The summed E-state index contributed by atoms with van der Waals surface area (Å²) in [5.74, 6) is 0. The minimum Gasteiger partial charge on any atom is -0.400 e. The van der Waals surface area contributed by atoms with Gasteiger partial charge in [0.1, 0.15) is 5.16 Å². The highest BCUT2D eigenvalue weighted by atomic mass is 35.5. The van der Waals surface area contributed by atoms with E-state index in [2.05, 4.69) is 11.6 Å². The van der Waals surface area contributed by atoms with Crippen LogP contribution in [0.2, 0.25) is 0 Å². The lowest BCUT2D eigenvalue weighted by Crippen LogP contribution is -1.72.